The average molecular weight is 767 g/mol. The van der Waals surface area contributed by atoms with Crippen molar-refractivity contribution in [3.63, 3.8) is 0 Å². The molecular formula is C38H44BrN3O7S. The highest BCUT2D eigenvalue weighted by Gasteiger charge is 2.35. The highest BCUT2D eigenvalue weighted by Crippen LogP contribution is 2.33. The molecule has 0 unspecified atom stereocenters. The molecule has 0 aliphatic carbocycles. The van der Waals surface area contributed by atoms with Crippen LogP contribution in [0.4, 0.5) is 5.69 Å². The van der Waals surface area contributed by atoms with E-state index in [4.69, 9.17) is 14.2 Å². The Kier molecular flexibility index (Phi) is 13.7. The van der Waals surface area contributed by atoms with Gasteiger partial charge in [-0.1, -0.05) is 65.3 Å². The molecule has 2 atom stereocenters. The molecule has 0 aliphatic rings. The summed E-state index contributed by atoms with van der Waals surface area (Å²) in [5, 5.41) is 3.05. The molecule has 0 bridgehead atoms. The number of hydrogen-bond acceptors (Lipinski definition) is 7. The summed E-state index contributed by atoms with van der Waals surface area (Å²) < 4.78 is 47.2. The number of nitrogens with one attached hydrogen (secondary N) is 1. The lowest BCUT2D eigenvalue weighted by Gasteiger charge is -2.34. The Hall–Kier alpha value is -4.55. The molecule has 0 spiro atoms. The van der Waals surface area contributed by atoms with Gasteiger partial charge >= 0.3 is 0 Å². The minimum absolute atomic E-state index is 0.0606. The number of amides is 2. The monoisotopic (exact) mass is 765 g/mol. The number of carbonyl (C=O) groups excluding carboxylic acids is 2. The van der Waals surface area contributed by atoms with Gasteiger partial charge in [0.05, 0.1) is 31.4 Å². The molecular weight excluding hydrogens is 722 g/mol. The number of halogens is 1. The number of ether oxygens (including phenoxy) is 3. The van der Waals surface area contributed by atoms with Crippen molar-refractivity contribution in [2.24, 2.45) is 0 Å². The molecule has 0 saturated heterocycles. The van der Waals surface area contributed by atoms with E-state index in [1.54, 1.807) is 24.3 Å². The van der Waals surface area contributed by atoms with Gasteiger partial charge in [0.1, 0.15) is 18.3 Å². The van der Waals surface area contributed by atoms with Crippen LogP contribution in [-0.2, 0) is 32.6 Å². The van der Waals surface area contributed by atoms with Crippen LogP contribution >= 0.6 is 15.9 Å². The van der Waals surface area contributed by atoms with Crippen LogP contribution in [0.25, 0.3) is 0 Å². The van der Waals surface area contributed by atoms with Gasteiger partial charge in [-0.15, -0.1) is 0 Å². The molecule has 0 fully saturated rings. The minimum atomic E-state index is -4.37. The fourth-order valence-electron chi connectivity index (χ4n) is 5.29. The molecule has 50 heavy (non-hydrogen) atoms. The first-order chi connectivity index (χ1) is 24.0. The van der Waals surface area contributed by atoms with E-state index in [1.807, 2.05) is 75.4 Å². The SMILES string of the molecule is CCOc1ccc(N(CC(=O)N(Cc2ccc(Br)cc2)[C@@H](Cc2ccccc2)C(=O)N[C@@H](C)CC)S(=O)(=O)c2ccc(OC)c(OC)c2)cc1. The second-order valence-corrected chi connectivity index (χ2v) is 14.4. The Balaban J connectivity index is 1.83. The molecule has 266 valence electrons. The van der Waals surface area contributed by atoms with E-state index in [2.05, 4.69) is 21.2 Å². The summed E-state index contributed by atoms with van der Waals surface area (Å²) in [7, 11) is -1.49. The number of carbonyl (C=O) groups is 2. The zero-order chi connectivity index (χ0) is 36.3. The Bertz CT molecular complexity index is 1820. The molecule has 0 aromatic heterocycles. The lowest BCUT2D eigenvalue weighted by atomic mass is 10.0. The highest BCUT2D eigenvalue weighted by atomic mass is 79.9. The summed E-state index contributed by atoms with van der Waals surface area (Å²) in [6, 6.07) is 26.5. The summed E-state index contributed by atoms with van der Waals surface area (Å²) in [4.78, 5) is 30.1. The Labute approximate surface area is 303 Å². The average Bonchev–Trinajstić information content (AvgIpc) is 3.13. The molecule has 2 amide bonds. The largest absolute Gasteiger partial charge is 0.494 e. The molecule has 1 N–H and O–H groups in total. The smallest absolute Gasteiger partial charge is 0.264 e. The molecule has 0 heterocycles. The van der Waals surface area contributed by atoms with Gasteiger partial charge in [0.2, 0.25) is 11.8 Å². The van der Waals surface area contributed by atoms with Crippen LogP contribution in [-0.4, -0.2) is 64.6 Å². The van der Waals surface area contributed by atoms with Crippen LogP contribution in [0.3, 0.4) is 0 Å². The van der Waals surface area contributed by atoms with Crippen LogP contribution in [0.1, 0.15) is 38.3 Å². The maximum absolute atomic E-state index is 14.7. The van der Waals surface area contributed by atoms with Crippen molar-refractivity contribution in [3.8, 4) is 17.2 Å². The molecule has 4 aromatic carbocycles. The topological polar surface area (TPSA) is 114 Å². The van der Waals surface area contributed by atoms with Crippen molar-refractivity contribution < 1.29 is 32.2 Å². The van der Waals surface area contributed by atoms with Crippen LogP contribution in [0, 0.1) is 0 Å². The number of nitrogens with zero attached hydrogens (tertiary/aromatic N) is 2. The summed E-state index contributed by atoms with van der Waals surface area (Å²) in [6.45, 7) is 5.62. The van der Waals surface area contributed by atoms with Gasteiger partial charge in [0, 0.05) is 29.5 Å². The summed E-state index contributed by atoms with van der Waals surface area (Å²) in [6.07, 6.45) is 0.913. The molecule has 4 aromatic rings. The molecule has 0 aliphatic heterocycles. The van der Waals surface area contributed by atoms with E-state index < -0.39 is 28.5 Å². The third-order valence-electron chi connectivity index (χ3n) is 8.20. The third kappa shape index (κ3) is 9.79. The molecule has 10 nitrogen and oxygen atoms in total. The predicted molar refractivity (Wildman–Crippen MR) is 198 cm³/mol. The second-order valence-electron chi connectivity index (χ2n) is 11.6. The number of benzene rings is 4. The maximum atomic E-state index is 14.7. The number of hydrogen-bond donors (Lipinski definition) is 1. The first-order valence-electron chi connectivity index (χ1n) is 16.4. The van der Waals surface area contributed by atoms with Crippen LogP contribution in [0.2, 0.25) is 0 Å². The van der Waals surface area contributed by atoms with Gasteiger partial charge in [0.15, 0.2) is 11.5 Å². The summed E-state index contributed by atoms with van der Waals surface area (Å²) in [5.74, 6) is 0.225. The van der Waals surface area contributed by atoms with Crippen LogP contribution < -0.4 is 23.8 Å². The molecule has 0 saturated carbocycles. The molecule has 0 radical (unpaired) electrons. The highest BCUT2D eigenvalue weighted by molar-refractivity contribution is 9.10. The van der Waals surface area contributed by atoms with Crippen LogP contribution in [0.5, 0.6) is 17.2 Å². The fourth-order valence-corrected chi connectivity index (χ4v) is 6.98. The zero-order valence-electron chi connectivity index (χ0n) is 29.0. The number of anilines is 1. The lowest BCUT2D eigenvalue weighted by Crippen LogP contribution is -2.54. The molecule has 12 heteroatoms. The van der Waals surface area contributed by atoms with Gasteiger partial charge in [-0.25, -0.2) is 8.42 Å². The van der Waals surface area contributed by atoms with Gasteiger partial charge in [-0.3, -0.25) is 13.9 Å². The van der Waals surface area contributed by atoms with Crippen molar-refractivity contribution in [2.75, 3.05) is 31.7 Å². The van der Waals surface area contributed by atoms with Gasteiger partial charge in [-0.05, 0) is 79.9 Å². The Morgan fingerprint density at radius 2 is 1.50 bits per heavy atom. The predicted octanol–water partition coefficient (Wildman–Crippen LogP) is 6.62. The molecule has 4 rings (SSSR count). The quantitative estimate of drug-likeness (QED) is 0.129. The van der Waals surface area contributed by atoms with Crippen molar-refractivity contribution >= 4 is 43.5 Å². The number of sulfonamides is 1. The zero-order valence-corrected chi connectivity index (χ0v) is 31.4. The van der Waals surface area contributed by atoms with Crippen molar-refractivity contribution in [3.05, 3.63) is 113 Å². The lowest BCUT2D eigenvalue weighted by molar-refractivity contribution is -0.140. The number of rotatable bonds is 17. The van der Waals surface area contributed by atoms with E-state index in [1.165, 1.54) is 37.3 Å². The standard InChI is InChI=1S/C38H44BrN3O7S/c1-6-27(3)40-38(44)34(23-28-11-9-8-10-12-28)41(25-29-13-15-30(39)16-14-29)37(43)26-42(31-17-19-32(20-18-31)49-7-2)50(45,46)33-21-22-35(47-4)36(24-33)48-5/h8-22,24,27,34H,6-7,23,25-26H2,1-5H3,(H,40,44)/t27-,34-/m0/s1. The van der Waals surface area contributed by atoms with Crippen molar-refractivity contribution in [1.29, 1.82) is 0 Å². The minimum Gasteiger partial charge on any atom is -0.494 e. The van der Waals surface area contributed by atoms with E-state index in [0.717, 1.165) is 19.9 Å². The maximum Gasteiger partial charge on any atom is 0.264 e. The van der Waals surface area contributed by atoms with Gasteiger partial charge in [0.25, 0.3) is 10.0 Å². The Morgan fingerprint density at radius 3 is 2.10 bits per heavy atom. The van der Waals surface area contributed by atoms with Crippen molar-refractivity contribution in [1.82, 2.24) is 10.2 Å². The fraction of sp³-hybridized carbons (Fsp3) is 0.316. The van der Waals surface area contributed by atoms with Gasteiger partial charge < -0.3 is 24.4 Å². The summed E-state index contributed by atoms with van der Waals surface area (Å²) in [5.41, 5.74) is 1.86. The Morgan fingerprint density at radius 1 is 0.840 bits per heavy atom. The van der Waals surface area contributed by atoms with Crippen molar-refractivity contribution in [2.45, 2.75) is 57.1 Å². The van der Waals surface area contributed by atoms with E-state index in [9.17, 15) is 18.0 Å². The van der Waals surface area contributed by atoms with E-state index >= 15 is 0 Å². The normalized spacial score (nSPS) is 12.4. The third-order valence-corrected chi connectivity index (χ3v) is 10.5. The second kappa shape index (κ2) is 17.9. The van der Waals surface area contributed by atoms with E-state index in [-0.39, 0.29) is 41.2 Å². The van der Waals surface area contributed by atoms with E-state index in [0.29, 0.717) is 24.5 Å². The van der Waals surface area contributed by atoms with Gasteiger partial charge in [-0.2, -0.15) is 0 Å². The number of methoxy groups -OCH3 is 2. The van der Waals surface area contributed by atoms with Crippen LogP contribution in [0.15, 0.2) is 106 Å². The first kappa shape index (κ1) is 38.3. The summed E-state index contributed by atoms with van der Waals surface area (Å²) >= 11 is 3.46. The first-order valence-corrected chi connectivity index (χ1v) is 18.6.